The van der Waals surface area contributed by atoms with Crippen LogP contribution in [0.1, 0.15) is 37.9 Å². The summed E-state index contributed by atoms with van der Waals surface area (Å²) >= 11 is 0. The molecule has 0 saturated heterocycles. The minimum Gasteiger partial charge on any atom is -0.343 e. The first-order valence-electron chi connectivity index (χ1n) is 11.3. The summed E-state index contributed by atoms with van der Waals surface area (Å²) in [5, 5.41) is 7.93. The van der Waals surface area contributed by atoms with Gasteiger partial charge in [0.25, 0.3) is 5.91 Å². The number of likely N-dealkylation sites (N-methyl/N-ethyl adjacent to an activating group) is 1. The highest BCUT2D eigenvalue weighted by molar-refractivity contribution is 6.00. The van der Waals surface area contributed by atoms with E-state index >= 15 is 0 Å². The molecule has 3 N–H and O–H groups in total. The van der Waals surface area contributed by atoms with Crippen LogP contribution in [0.2, 0.25) is 0 Å². The number of carbonyl (C=O) groups is 3. The zero-order valence-corrected chi connectivity index (χ0v) is 20.9. The molecule has 1 heterocycles. The van der Waals surface area contributed by atoms with Gasteiger partial charge in [0.1, 0.15) is 29.4 Å². The Hall–Kier alpha value is -3.04. The van der Waals surface area contributed by atoms with Crippen molar-refractivity contribution >= 4 is 35.8 Å². The lowest BCUT2D eigenvalue weighted by atomic mass is 9.90. The fourth-order valence-electron chi connectivity index (χ4n) is 4.00. The van der Waals surface area contributed by atoms with Gasteiger partial charge in [0.05, 0.1) is 6.04 Å². The van der Waals surface area contributed by atoms with E-state index in [0.717, 1.165) is 17.7 Å². The lowest BCUT2D eigenvalue weighted by molar-refractivity contribution is -0.144. The zero-order chi connectivity index (χ0) is 25.0. The molecule has 0 saturated carbocycles. The van der Waals surface area contributed by atoms with Gasteiger partial charge in [0.15, 0.2) is 0 Å². The van der Waals surface area contributed by atoms with E-state index in [2.05, 4.69) is 16.0 Å². The summed E-state index contributed by atoms with van der Waals surface area (Å²) in [6, 6.07) is 7.94. The number of hydrogen-bond donors (Lipinski definition) is 3. The Morgan fingerprint density at radius 2 is 1.63 bits per heavy atom. The van der Waals surface area contributed by atoms with Crippen molar-refractivity contribution in [2.24, 2.45) is 5.92 Å². The highest BCUT2D eigenvalue weighted by Crippen LogP contribution is 2.32. The van der Waals surface area contributed by atoms with Crippen molar-refractivity contribution in [3.05, 3.63) is 65.2 Å². The van der Waals surface area contributed by atoms with Gasteiger partial charge in [-0.15, -0.1) is 12.4 Å². The average Bonchev–Trinajstić information content (AvgIpc) is 2.82. The molecular weight excluding hydrogens is 478 g/mol. The summed E-state index contributed by atoms with van der Waals surface area (Å²) in [5.41, 5.74) is 0.878. The third kappa shape index (κ3) is 6.15. The molecule has 0 unspecified atom stereocenters. The Kier molecular flexibility index (Phi) is 9.73. The van der Waals surface area contributed by atoms with Gasteiger partial charge in [0.2, 0.25) is 11.8 Å². The van der Waals surface area contributed by atoms with Crippen LogP contribution in [-0.4, -0.2) is 48.3 Å². The number of nitrogens with one attached hydrogen (secondary N) is 3. The Bertz CT molecular complexity index is 1060. The third-order valence-electron chi connectivity index (χ3n) is 6.08. The Labute approximate surface area is 210 Å². The topological polar surface area (TPSA) is 90.5 Å². The molecule has 2 aromatic carbocycles. The summed E-state index contributed by atoms with van der Waals surface area (Å²) in [6.07, 6.45) is 0.505. The first-order chi connectivity index (χ1) is 16.1. The number of anilines is 1. The van der Waals surface area contributed by atoms with E-state index in [1.54, 1.807) is 40.0 Å². The minimum atomic E-state index is -1.11. The molecular formula is C25H31ClF2N4O3. The van der Waals surface area contributed by atoms with Gasteiger partial charge < -0.3 is 20.9 Å². The van der Waals surface area contributed by atoms with Gasteiger partial charge in [-0.05, 0) is 49.6 Å². The summed E-state index contributed by atoms with van der Waals surface area (Å²) < 4.78 is 28.5. The highest BCUT2D eigenvalue weighted by atomic mass is 35.5. The van der Waals surface area contributed by atoms with Gasteiger partial charge >= 0.3 is 0 Å². The van der Waals surface area contributed by atoms with E-state index in [9.17, 15) is 23.2 Å². The van der Waals surface area contributed by atoms with Crippen LogP contribution in [0.4, 0.5) is 14.5 Å². The minimum absolute atomic E-state index is 0. The SMILES string of the molecule is CN[C@@H](C)C(=O)N[C@H](C(=O)N1CCc2ccccc2[C@H]1C(=O)Nc1c(F)cccc1F)C(C)C.Cl. The van der Waals surface area contributed by atoms with Crippen LogP contribution >= 0.6 is 12.4 Å². The average molecular weight is 509 g/mol. The molecule has 35 heavy (non-hydrogen) atoms. The quantitative estimate of drug-likeness (QED) is 0.536. The molecule has 0 spiro atoms. The number of fused-ring (bicyclic) bond motifs is 1. The summed E-state index contributed by atoms with van der Waals surface area (Å²) in [5.74, 6) is -3.60. The number of nitrogens with zero attached hydrogens (tertiary/aromatic N) is 1. The number of rotatable bonds is 7. The van der Waals surface area contributed by atoms with Crippen molar-refractivity contribution in [1.82, 2.24) is 15.5 Å². The summed E-state index contributed by atoms with van der Waals surface area (Å²) in [7, 11) is 1.64. The molecule has 3 amide bonds. The number of hydrogen-bond acceptors (Lipinski definition) is 4. The molecule has 0 radical (unpaired) electrons. The van der Waals surface area contributed by atoms with Crippen molar-refractivity contribution in [1.29, 1.82) is 0 Å². The van der Waals surface area contributed by atoms with Gasteiger partial charge in [-0.25, -0.2) is 8.78 Å². The standard InChI is InChI=1S/C25H30F2N4O3.ClH/c1-14(2)20(29-23(32)15(3)28-4)25(34)31-13-12-16-8-5-6-9-17(16)22(31)24(33)30-21-18(26)10-7-11-19(21)27;/h5-11,14-15,20,22,28H,12-13H2,1-4H3,(H,29,32)(H,30,33);1H/t15-,20-,22-;/m0./s1. The van der Waals surface area contributed by atoms with Gasteiger partial charge in [-0.1, -0.05) is 44.2 Å². The summed E-state index contributed by atoms with van der Waals surface area (Å²) in [6.45, 7) is 5.49. The van der Waals surface area contributed by atoms with Crippen LogP contribution in [0.5, 0.6) is 0 Å². The number of halogens is 3. The van der Waals surface area contributed by atoms with Crippen molar-refractivity contribution < 1.29 is 23.2 Å². The Balaban J connectivity index is 0.00000432. The van der Waals surface area contributed by atoms with Crippen LogP contribution < -0.4 is 16.0 Å². The van der Waals surface area contributed by atoms with Gasteiger partial charge in [-0.3, -0.25) is 14.4 Å². The van der Waals surface area contributed by atoms with E-state index in [1.807, 2.05) is 12.1 Å². The van der Waals surface area contributed by atoms with Crippen LogP contribution in [-0.2, 0) is 20.8 Å². The van der Waals surface area contributed by atoms with Crippen LogP contribution in [0, 0.1) is 17.6 Å². The molecule has 2 aromatic rings. The maximum atomic E-state index is 14.2. The Morgan fingerprint density at radius 3 is 2.23 bits per heavy atom. The second kappa shape index (κ2) is 12.1. The Morgan fingerprint density at radius 1 is 1.00 bits per heavy atom. The molecule has 1 aliphatic heterocycles. The van der Waals surface area contributed by atoms with Gasteiger partial charge in [0, 0.05) is 6.54 Å². The normalized spacial score (nSPS) is 16.5. The lowest BCUT2D eigenvalue weighted by Gasteiger charge is -2.39. The molecule has 0 fully saturated rings. The maximum absolute atomic E-state index is 14.2. The number of para-hydroxylation sites is 1. The molecule has 7 nitrogen and oxygen atoms in total. The highest BCUT2D eigenvalue weighted by Gasteiger charge is 2.40. The first-order valence-corrected chi connectivity index (χ1v) is 11.3. The molecule has 10 heteroatoms. The molecule has 0 aromatic heterocycles. The first kappa shape index (κ1) is 28.2. The molecule has 3 atom stereocenters. The number of carbonyl (C=O) groups excluding carboxylic acids is 3. The predicted molar refractivity (Wildman–Crippen MR) is 132 cm³/mol. The maximum Gasteiger partial charge on any atom is 0.251 e. The number of amides is 3. The van der Waals surface area contributed by atoms with Gasteiger partial charge in [-0.2, -0.15) is 0 Å². The van der Waals surface area contributed by atoms with Crippen LogP contribution in [0.3, 0.4) is 0 Å². The number of benzene rings is 2. The fraction of sp³-hybridized carbons (Fsp3) is 0.400. The van der Waals surface area contributed by atoms with Crippen molar-refractivity contribution in [2.45, 2.75) is 45.3 Å². The lowest BCUT2D eigenvalue weighted by Crippen LogP contribution is -2.57. The third-order valence-corrected chi connectivity index (χ3v) is 6.08. The monoisotopic (exact) mass is 508 g/mol. The van der Waals surface area contributed by atoms with E-state index < -0.39 is 47.3 Å². The van der Waals surface area contributed by atoms with Crippen molar-refractivity contribution in [3.63, 3.8) is 0 Å². The predicted octanol–water partition coefficient (Wildman–Crippen LogP) is 3.20. The molecule has 190 valence electrons. The molecule has 0 bridgehead atoms. The van der Waals surface area contributed by atoms with E-state index in [-0.39, 0.29) is 30.8 Å². The smallest absolute Gasteiger partial charge is 0.251 e. The second-order valence-electron chi connectivity index (χ2n) is 8.71. The largest absolute Gasteiger partial charge is 0.343 e. The summed E-state index contributed by atoms with van der Waals surface area (Å²) in [4.78, 5) is 40.9. The van der Waals surface area contributed by atoms with Crippen molar-refractivity contribution in [3.8, 4) is 0 Å². The second-order valence-corrected chi connectivity index (χ2v) is 8.71. The van der Waals surface area contributed by atoms with E-state index in [1.165, 1.54) is 11.0 Å². The van der Waals surface area contributed by atoms with Crippen LogP contribution in [0.15, 0.2) is 42.5 Å². The van der Waals surface area contributed by atoms with Crippen LogP contribution in [0.25, 0.3) is 0 Å². The fourth-order valence-corrected chi connectivity index (χ4v) is 4.00. The van der Waals surface area contributed by atoms with Crippen molar-refractivity contribution in [2.75, 3.05) is 18.9 Å². The molecule has 0 aliphatic carbocycles. The molecule has 3 rings (SSSR count). The zero-order valence-electron chi connectivity index (χ0n) is 20.1. The molecule has 1 aliphatic rings. The van der Waals surface area contributed by atoms with E-state index in [0.29, 0.717) is 12.0 Å². The van der Waals surface area contributed by atoms with E-state index in [4.69, 9.17) is 0 Å².